The van der Waals surface area contributed by atoms with Gasteiger partial charge in [0.15, 0.2) is 0 Å². The number of rotatable bonds is 4. The first-order valence-corrected chi connectivity index (χ1v) is 6.28. The van der Waals surface area contributed by atoms with Crippen molar-refractivity contribution in [3.8, 4) is 0 Å². The Balaban J connectivity index is 0. The van der Waals surface area contributed by atoms with Gasteiger partial charge < -0.3 is 20.4 Å². The lowest BCUT2D eigenvalue weighted by Gasteiger charge is -2.17. The fourth-order valence-corrected chi connectivity index (χ4v) is 0.731. The van der Waals surface area contributed by atoms with Crippen molar-refractivity contribution in [1.82, 2.24) is 0 Å². The number of aliphatic hydroxyl groups excluding tert-OH is 2. The van der Waals surface area contributed by atoms with Crippen molar-refractivity contribution >= 4 is 37.2 Å². The lowest BCUT2D eigenvalue weighted by atomic mass is 9.94. The zero-order valence-electron chi connectivity index (χ0n) is 9.69. The largest absolute Gasteiger partial charge is 0.481 e. The molecule has 0 amide bonds. The molecule has 0 fully saturated rings. The van der Waals surface area contributed by atoms with E-state index in [1.807, 2.05) is 6.08 Å². The maximum Gasteiger partial charge on any atom is 0.313 e. The quantitative estimate of drug-likeness (QED) is 0.323. The Kier molecular flexibility index (Phi) is 13.9. The van der Waals surface area contributed by atoms with Gasteiger partial charge in [-0.1, -0.05) is 6.08 Å². The van der Waals surface area contributed by atoms with Gasteiger partial charge in [0.2, 0.25) is 0 Å². The van der Waals surface area contributed by atoms with E-state index in [1.165, 1.54) is 0 Å². The van der Waals surface area contributed by atoms with Crippen molar-refractivity contribution in [3.05, 3.63) is 11.6 Å². The van der Waals surface area contributed by atoms with E-state index < -0.39 is 18.0 Å². The van der Waals surface area contributed by atoms with Crippen molar-refractivity contribution < 1.29 is 30.0 Å². The number of carboxylic acids is 2. The second-order valence-electron chi connectivity index (χ2n) is 3.12. The Morgan fingerprint density at radius 1 is 1.22 bits per heavy atom. The molecule has 0 aromatic heterocycles. The van der Waals surface area contributed by atoms with E-state index in [1.54, 1.807) is 0 Å². The molecule has 0 saturated carbocycles. The molecule has 0 bridgehead atoms. The van der Waals surface area contributed by atoms with Crippen molar-refractivity contribution in [1.29, 1.82) is 0 Å². The van der Waals surface area contributed by atoms with Gasteiger partial charge in [-0.25, -0.2) is 0 Å². The summed E-state index contributed by atoms with van der Waals surface area (Å²) in [5.41, 5.74) is 0.993. The van der Waals surface area contributed by atoms with E-state index in [-0.39, 0.29) is 18.1 Å². The molecule has 4 N–H and O–H groups in total. The maximum atomic E-state index is 9.29. The molecule has 1 rings (SSSR count). The highest BCUT2D eigenvalue weighted by Crippen LogP contribution is 2.20. The normalized spacial score (nSPS) is 13.7. The van der Waals surface area contributed by atoms with E-state index in [0.29, 0.717) is 0 Å². The van der Waals surface area contributed by atoms with Gasteiger partial charge in [-0.05, 0) is 18.4 Å². The molecule has 6 nitrogen and oxygen atoms in total. The molecule has 1 aliphatic rings. The molecule has 0 aromatic rings. The fraction of sp³-hybridized carbons (Fsp3) is 0.600. The summed E-state index contributed by atoms with van der Waals surface area (Å²) < 4.78 is 0. The van der Waals surface area contributed by atoms with Crippen LogP contribution in [0.5, 0.6) is 0 Å². The van der Waals surface area contributed by atoms with Gasteiger partial charge in [0, 0.05) is 0 Å². The van der Waals surface area contributed by atoms with Crippen molar-refractivity contribution in [2.24, 2.45) is 0 Å². The van der Waals surface area contributed by atoms with Gasteiger partial charge >= 0.3 is 11.9 Å². The molecule has 0 heterocycles. The lowest BCUT2D eigenvalue weighted by Crippen LogP contribution is -2.18. The van der Waals surface area contributed by atoms with Gasteiger partial charge in [0.05, 0.1) is 24.2 Å². The van der Waals surface area contributed by atoms with Crippen LogP contribution in [-0.2, 0) is 9.59 Å². The molecule has 0 aliphatic heterocycles. The SMILES string of the molecule is O=C(O)CS.O=C(O)CS.OCC(O)C1=CCC1. The molecule has 1 aliphatic carbocycles. The number of carboxylic acid groups (broad SMARTS) is 2. The minimum absolute atomic E-state index is 0.0833. The van der Waals surface area contributed by atoms with Crippen LogP contribution in [0.25, 0.3) is 0 Å². The minimum Gasteiger partial charge on any atom is -0.481 e. The lowest BCUT2D eigenvalue weighted by molar-refractivity contribution is -0.134. The van der Waals surface area contributed by atoms with E-state index in [9.17, 15) is 9.59 Å². The number of thiol groups is 2. The van der Waals surface area contributed by atoms with E-state index in [0.717, 1.165) is 18.4 Å². The van der Waals surface area contributed by atoms with Crippen LogP contribution in [0.3, 0.4) is 0 Å². The van der Waals surface area contributed by atoms with E-state index in [2.05, 4.69) is 25.3 Å². The summed E-state index contributed by atoms with van der Waals surface area (Å²) in [4.78, 5) is 18.6. The molecule has 18 heavy (non-hydrogen) atoms. The summed E-state index contributed by atoms with van der Waals surface area (Å²) >= 11 is 6.83. The molecule has 0 aromatic carbocycles. The predicted octanol–water partition coefficient (Wildman–Crippen LogP) is 0.0614. The summed E-state index contributed by atoms with van der Waals surface area (Å²) in [6.07, 6.45) is 3.40. The van der Waals surface area contributed by atoms with Gasteiger partial charge in [0.1, 0.15) is 0 Å². The van der Waals surface area contributed by atoms with Crippen LogP contribution in [-0.4, -0.2) is 56.6 Å². The second-order valence-corrected chi connectivity index (χ2v) is 3.75. The maximum absolute atomic E-state index is 9.29. The Morgan fingerprint density at radius 3 is 1.61 bits per heavy atom. The van der Waals surface area contributed by atoms with Crippen LogP contribution < -0.4 is 0 Å². The first-order valence-electron chi connectivity index (χ1n) is 5.02. The number of aliphatic carboxylic acids is 2. The van der Waals surface area contributed by atoms with Crippen molar-refractivity contribution in [3.63, 3.8) is 0 Å². The summed E-state index contributed by atoms with van der Waals surface area (Å²) in [6, 6.07) is 0. The zero-order chi connectivity index (χ0) is 14.6. The van der Waals surface area contributed by atoms with Crippen LogP contribution in [0, 0.1) is 0 Å². The van der Waals surface area contributed by atoms with Crippen LogP contribution in [0.4, 0.5) is 0 Å². The Labute approximate surface area is 116 Å². The molecular formula is C10H18O6S2. The highest BCUT2D eigenvalue weighted by Gasteiger charge is 2.13. The molecule has 1 atom stereocenters. The fourth-order valence-electron chi connectivity index (χ4n) is 0.731. The number of allylic oxidation sites excluding steroid dienone is 1. The smallest absolute Gasteiger partial charge is 0.313 e. The van der Waals surface area contributed by atoms with Crippen LogP contribution in [0.15, 0.2) is 11.6 Å². The Bertz CT molecular complexity index is 266. The van der Waals surface area contributed by atoms with E-state index in [4.69, 9.17) is 20.4 Å². The second kappa shape index (κ2) is 12.7. The highest BCUT2D eigenvalue weighted by atomic mass is 32.1. The zero-order valence-corrected chi connectivity index (χ0v) is 11.5. The molecule has 106 valence electrons. The molecule has 0 saturated heterocycles. The molecule has 1 unspecified atom stereocenters. The average molecular weight is 298 g/mol. The Hall–Kier alpha value is -0.700. The summed E-state index contributed by atoms with van der Waals surface area (Å²) in [6.45, 7) is -0.133. The number of hydrogen-bond donors (Lipinski definition) is 6. The number of hydrogen-bond acceptors (Lipinski definition) is 6. The van der Waals surface area contributed by atoms with Gasteiger partial charge in [-0.3, -0.25) is 9.59 Å². The van der Waals surface area contributed by atoms with Crippen molar-refractivity contribution in [2.75, 3.05) is 18.1 Å². The predicted molar refractivity (Wildman–Crippen MR) is 73.4 cm³/mol. The Morgan fingerprint density at radius 2 is 1.56 bits per heavy atom. The first kappa shape index (κ1) is 19.6. The average Bonchev–Trinajstić information content (AvgIpc) is 2.28. The molecule has 0 spiro atoms. The van der Waals surface area contributed by atoms with Gasteiger partial charge in [-0.2, -0.15) is 25.3 Å². The van der Waals surface area contributed by atoms with Gasteiger partial charge in [0.25, 0.3) is 0 Å². The summed E-state index contributed by atoms with van der Waals surface area (Å²) in [5.74, 6) is -1.93. The van der Waals surface area contributed by atoms with Gasteiger partial charge in [-0.15, -0.1) is 0 Å². The number of aliphatic hydroxyl groups is 2. The van der Waals surface area contributed by atoms with E-state index >= 15 is 0 Å². The van der Waals surface area contributed by atoms with Crippen LogP contribution in [0.2, 0.25) is 0 Å². The molecular weight excluding hydrogens is 280 g/mol. The van der Waals surface area contributed by atoms with Crippen LogP contribution >= 0.6 is 25.3 Å². The topological polar surface area (TPSA) is 115 Å². The molecule has 8 heteroatoms. The number of carbonyl (C=O) groups is 2. The third kappa shape index (κ3) is 13.4. The first-order chi connectivity index (χ1) is 8.38. The van der Waals surface area contributed by atoms with Crippen molar-refractivity contribution in [2.45, 2.75) is 18.9 Å². The highest BCUT2D eigenvalue weighted by molar-refractivity contribution is 7.81. The standard InChI is InChI=1S/C6H10O2.2C2H4O2S/c7-4-6(8)5-2-1-3-5;2*3-2(4)1-5/h2,6-8H,1,3-4H2;2*5H,1H2,(H,3,4). The third-order valence-electron chi connectivity index (χ3n) is 1.71. The summed E-state index contributed by atoms with van der Waals surface area (Å²) in [5, 5.41) is 32.5. The monoisotopic (exact) mass is 298 g/mol. The minimum atomic E-state index is -0.881. The molecule has 0 radical (unpaired) electrons. The third-order valence-corrected chi connectivity index (χ3v) is 2.25. The summed E-state index contributed by atoms with van der Waals surface area (Å²) in [7, 11) is 0. The van der Waals surface area contributed by atoms with Crippen LogP contribution in [0.1, 0.15) is 12.8 Å².